The minimum absolute atomic E-state index is 0.138. The van der Waals surface area contributed by atoms with E-state index in [-0.39, 0.29) is 27.9 Å². The second-order valence-corrected chi connectivity index (χ2v) is 4.94. The molecule has 0 saturated carbocycles. The first-order valence-corrected chi connectivity index (χ1v) is 7.05. The maximum absolute atomic E-state index is 11.8. The van der Waals surface area contributed by atoms with Crippen LogP contribution in [-0.2, 0) is 14.3 Å². The third-order valence-electron chi connectivity index (χ3n) is 2.37. The Bertz CT molecular complexity index is 540. The van der Waals surface area contributed by atoms with Crippen LogP contribution in [0.2, 0.25) is 0 Å². The summed E-state index contributed by atoms with van der Waals surface area (Å²) in [4.78, 5) is 35.2. The molecule has 1 aromatic rings. The summed E-state index contributed by atoms with van der Waals surface area (Å²) >= 11 is 6.37. The lowest BCUT2D eigenvalue weighted by Crippen LogP contribution is -2.14. The zero-order valence-corrected chi connectivity index (χ0v) is 12.8. The van der Waals surface area contributed by atoms with Gasteiger partial charge in [-0.3, -0.25) is 4.79 Å². The molecule has 0 spiro atoms. The van der Waals surface area contributed by atoms with Crippen molar-refractivity contribution in [1.82, 2.24) is 0 Å². The number of carbonyl (C=O) groups excluding carboxylic acids is 3. The summed E-state index contributed by atoms with van der Waals surface area (Å²) in [6.45, 7) is 3.48. The van der Waals surface area contributed by atoms with Gasteiger partial charge in [-0.2, -0.15) is 0 Å². The fourth-order valence-corrected chi connectivity index (χ4v) is 2.67. The van der Waals surface area contributed by atoms with E-state index in [4.69, 9.17) is 16.3 Å². The minimum atomic E-state index is -0.640. The molecular weight excluding hydrogens is 306 g/mol. The molecule has 1 rings (SSSR count). The molecule has 0 aliphatic carbocycles. The van der Waals surface area contributed by atoms with Crippen LogP contribution in [0.25, 0.3) is 0 Å². The number of hydrogen-bond donors (Lipinski definition) is 1. The summed E-state index contributed by atoms with van der Waals surface area (Å²) in [5.41, 5.74) is 0.546. The van der Waals surface area contributed by atoms with Crippen LogP contribution >= 0.6 is 22.9 Å². The van der Waals surface area contributed by atoms with Gasteiger partial charge in [-0.15, -0.1) is 22.9 Å². The van der Waals surface area contributed by atoms with Gasteiger partial charge in [0.2, 0.25) is 5.91 Å². The number of esters is 2. The van der Waals surface area contributed by atoms with Gasteiger partial charge in [0.25, 0.3) is 0 Å². The smallest absolute Gasteiger partial charge is 0.348 e. The Morgan fingerprint density at radius 1 is 1.30 bits per heavy atom. The highest BCUT2D eigenvalue weighted by Crippen LogP contribution is 2.34. The number of alkyl halides is 1. The van der Waals surface area contributed by atoms with Crippen molar-refractivity contribution in [1.29, 1.82) is 0 Å². The standard InChI is InChI=1S/C12H14ClNO5S/c1-4-19-12(17)9-6(2)8(11(16)18-3)10(20-9)14-7(15)5-13/h4-5H2,1-3H3,(H,14,15). The molecule has 0 radical (unpaired) electrons. The van der Waals surface area contributed by atoms with Gasteiger partial charge in [0, 0.05) is 0 Å². The second kappa shape index (κ2) is 7.25. The molecule has 6 nitrogen and oxygen atoms in total. The molecule has 1 aromatic heterocycles. The fraction of sp³-hybridized carbons (Fsp3) is 0.417. The average Bonchev–Trinajstić information content (AvgIpc) is 2.75. The summed E-state index contributed by atoms with van der Waals surface area (Å²) in [6, 6.07) is 0. The van der Waals surface area contributed by atoms with Gasteiger partial charge in [-0.05, 0) is 19.4 Å². The molecule has 0 fully saturated rings. The third kappa shape index (κ3) is 3.49. The van der Waals surface area contributed by atoms with Gasteiger partial charge in [0.1, 0.15) is 15.8 Å². The molecule has 20 heavy (non-hydrogen) atoms. The van der Waals surface area contributed by atoms with Gasteiger partial charge in [-0.25, -0.2) is 9.59 Å². The molecule has 0 aliphatic rings. The van der Waals surface area contributed by atoms with E-state index in [1.165, 1.54) is 7.11 Å². The normalized spacial score (nSPS) is 10.0. The fourth-order valence-electron chi connectivity index (χ4n) is 1.50. The lowest BCUT2D eigenvalue weighted by atomic mass is 10.1. The zero-order chi connectivity index (χ0) is 15.3. The maximum atomic E-state index is 11.8. The second-order valence-electron chi connectivity index (χ2n) is 3.65. The van der Waals surface area contributed by atoms with E-state index in [1.807, 2.05) is 0 Å². The molecule has 1 heterocycles. The number of hydrogen-bond acceptors (Lipinski definition) is 6. The number of methoxy groups -OCH3 is 1. The lowest BCUT2D eigenvalue weighted by Gasteiger charge is -2.04. The molecule has 0 unspecified atom stereocenters. The zero-order valence-electron chi connectivity index (χ0n) is 11.2. The summed E-state index contributed by atoms with van der Waals surface area (Å²) < 4.78 is 9.56. The number of halogens is 1. The number of anilines is 1. The van der Waals surface area contributed by atoms with Crippen molar-refractivity contribution in [2.24, 2.45) is 0 Å². The number of ether oxygens (including phenoxy) is 2. The molecular formula is C12H14ClNO5S. The van der Waals surface area contributed by atoms with E-state index >= 15 is 0 Å². The molecule has 0 bridgehead atoms. The highest BCUT2D eigenvalue weighted by atomic mass is 35.5. The highest BCUT2D eigenvalue weighted by molar-refractivity contribution is 7.18. The van der Waals surface area contributed by atoms with E-state index in [0.29, 0.717) is 5.56 Å². The molecule has 8 heteroatoms. The molecule has 1 amide bonds. The highest BCUT2D eigenvalue weighted by Gasteiger charge is 2.26. The first kappa shape index (κ1) is 16.5. The number of rotatable bonds is 5. The maximum Gasteiger partial charge on any atom is 0.348 e. The minimum Gasteiger partial charge on any atom is -0.465 e. The van der Waals surface area contributed by atoms with Gasteiger partial charge in [-0.1, -0.05) is 0 Å². The predicted octanol–water partition coefficient (Wildman–Crippen LogP) is 2.20. The van der Waals surface area contributed by atoms with E-state index in [2.05, 4.69) is 10.1 Å². The van der Waals surface area contributed by atoms with Crippen molar-refractivity contribution in [2.45, 2.75) is 13.8 Å². The van der Waals surface area contributed by atoms with Gasteiger partial charge >= 0.3 is 11.9 Å². The molecule has 0 saturated heterocycles. The van der Waals surface area contributed by atoms with Gasteiger partial charge < -0.3 is 14.8 Å². The quantitative estimate of drug-likeness (QED) is 0.664. The summed E-state index contributed by atoms with van der Waals surface area (Å²) in [5.74, 6) is -1.93. The molecule has 0 aromatic carbocycles. The molecule has 0 aliphatic heterocycles. The molecule has 1 N–H and O–H groups in total. The first-order chi connectivity index (χ1) is 9.46. The van der Waals surface area contributed by atoms with Crippen LogP contribution in [0.1, 0.15) is 32.5 Å². The van der Waals surface area contributed by atoms with Crippen molar-refractivity contribution in [3.05, 3.63) is 16.0 Å². The van der Waals surface area contributed by atoms with E-state index < -0.39 is 17.8 Å². The molecule has 0 atom stereocenters. The monoisotopic (exact) mass is 319 g/mol. The van der Waals surface area contributed by atoms with Crippen LogP contribution in [0, 0.1) is 6.92 Å². The Hall–Kier alpha value is -1.60. The Balaban J connectivity index is 3.27. The van der Waals surface area contributed by atoms with Crippen LogP contribution in [0.5, 0.6) is 0 Å². The third-order valence-corrected chi connectivity index (χ3v) is 3.80. The van der Waals surface area contributed by atoms with Crippen LogP contribution in [0.3, 0.4) is 0 Å². The Morgan fingerprint density at radius 2 is 1.95 bits per heavy atom. The Morgan fingerprint density at radius 3 is 2.45 bits per heavy atom. The van der Waals surface area contributed by atoms with Crippen LogP contribution < -0.4 is 5.32 Å². The number of carbonyl (C=O) groups is 3. The predicted molar refractivity (Wildman–Crippen MR) is 75.7 cm³/mol. The Labute approximate surface area is 125 Å². The van der Waals surface area contributed by atoms with Crippen molar-refractivity contribution < 1.29 is 23.9 Å². The van der Waals surface area contributed by atoms with Gasteiger partial charge in [0.05, 0.1) is 19.3 Å². The Kier molecular flexibility index (Phi) is 5.97. The lowest BCUT2D eigenvalue weighted by molar-refractivity contribution is -0.113. The summed E-state index contributed by atoms with van der Waals surface area (Å²) in [6.07, 6.45) is 0. The number of thiophene rings is 1. The topological polar surface area (TPSA) is 81.7 Å². The summed E-state index contributed by atoms with van der Waals surface area (Å²) in [7, 11) is 1.22. The van der Waals surface area contributed by atoms with Crippen LogP contribution in [0.4, 0.5) is 5.00 Å². The largest absolute Gasteiger partial charge is 0.465 e. The van der Waals surface area contributed by atoms with Crippen molar-refractivity contribution in [2.75, 3.05) is 24.9 Å². The number of nitrogens with one attached hydrogen (secondary N) is 1. The molecule has 110 valence electrons. The first-order valence-electron chi connectivity index (χ1n) is 5.70. The van der Waals surface area contributed by atoms with E-state index in [1.54, 1.807) is 13.8 Å². The van der Waals surface area contributed by atoms with Gasteiger partial charge in [0.15, 0.2) is 0 Å². The summed E-state index contributed by atoms with van der Waals surface area (Å²) in [5, 5.41) is 2.70. The average molecular weight is 320 g/mol. The van der Waals surface area contributed by atoms with Crippen molar-refractivity contribution in [3.63, 3.8) is 0 Å². The van der Waals surface area contributed by atoms with E-state index in [0.717, 1.165) is 11.3 Å². The van der Waals surface area contributed by atoms with Crippen LogP contribution in [-0.4, -0.2) is 37.4 Å². The SMILES string of the molecule is CCOC(=O)c1sc(NC(=O)CCl)c(C(=O)OC)c1C. The number of amides is 1. The van der Waals surface area contributed by atoms with Crippen molar-refractivity contribution >= 4 is 45.8 Å². The van der Waals surface area contributed by atoms with Crippen molar-refractivity contribution in [3.8, 4) is 0 Å². The van der Waals surface area contributed by atoms with E-state index in [9.17, 15) is 14.4 Å². The van der Waals surface area contributed by atoms with Crippen LogP contribution in [0.15, 0.2) is 0 Å².